The van der Waals surface area contributed by atoms with Crippen molar-refractivity contribution in [2.24, 2.45) is 5.41 Å². The van der Waals surface area contributed by atoms with Crippen molar-refractivity contribution in [2.45, 2.75) is 51.5 Å². The normalized spacial score (nSPS) is 20.6. The van der Waals surface area contributed by atoms with Crippen LogP contribution in [0.25, 0.3) is 0 Å². The van der Waals surface area contributed by atoms with Crippen LogP contribution in [0.4, 0.5) is 11.4 Å². The number of rotatable bonds is 2. The molecular formula is C24H28N2OS. The lowest BCUT2D eigenvalue weighted by molar-refractivity contribution is -0.118. The van der Waals surface area contributed by atoms with Crippen molar-refractivity contribution < 1.29 is 4.79 Å². The second-order valence-electron chi connectivity index (χ2n) is 8.79. The summed E-state index contributed by atoms with van der Waals surface area (Å²) in [5, 5.41) is 7.32. The summed E-state index contributed by atoms with van der Waals surface area (Å²) in [6, 6.07) is 12.8. The highest BCUT2D eigenvalue weighted by atomic mass is 32.2. The van der Waals surface area contributed by atoms with Crippen LogP contribution < -0.4 is 10.6 Å². The third-order valence-electron chi connectivity index (χ3n) is 5.88. The summed E-state index contributed by atoms with van der Waals surface area (Å²) >= 11 is 1.73. The molecule has 1 unspecified atom stereocenters. The van der Waals surface area contributed by atoms with Crippen LogP contribution in [0.2, 0.25) is 0 Å². The molecule has 0 spiro atoms. The van der Waals surface area contributed by atoms with E-state index in [1.54, 1.807) is 11.8 Å². The second-order valence-corrected chi connectivity index (χ2v) is 9.67. The first-order valence-electron chi connectivity index (χ1n) is 9.82. The Kier molecular flexibility index (Phi) is 4.78. The molecule has 0 fully saturated rings. The van der Waals surface area contributed by atoms with Crippen molar-refractivity contribution in [3.05, 3.63) is 64.4 Å². The zero-order valence-corrected chi connectivity index (χ0v) is 18.1. The van der Waals surface area contributed by atoms with Crippen LogP contribution >= 0.6 is 11.8 Å². The monoisotopic (exact) mass is 392 g/mol. The molecule has 1 heterocycles. The molecule has 4 heteroatoms. The van der Waals surface area contributed by atoms with Crippen LogP contribution in [0, 0.1) is 19.3 Å². The van der Waals surface area contributed by atoms with E-state index < -0.39 is 0 Å². The zero-order valence-electron chi connectivity index (χ0n) is 17.3. The predicted molar refractivity (Wildman–Crippen MR) is 119 cm³/mol. The van der Waals surface area contributed by atoms with Gasteiger partial charge in [0.1, 0.15) is 0 Å². The minimum Gasteiger partial charge on any atom is -0.372 e. The van der Waals surface area contributed by atoms with Crippen molar-refractivity contribution in [3.8, 4) is 0 Å². The molecule has 0 radical (unpaired) electrons. The van der Waals surface area contributed by atoms with Crippen LogP contribution in [-0.4, -0.2) is 12.0 Å². The molecule has 0 bridgehead atoms. The number of hydrogen-bond acceptors (Lipinski definition) is 4. The molecule has 2 aromatic carbocycles. The number of allylic oxidation sites excluding steroid dienone is 1. The first-order valence-corrected chi connectivity index (χ1v) is 11.0. The number of fused-ring (bicyclic) bond motifs is 1. The summed E-state index contributed by atoms with van der Waals surface area (Å²) in [6.45, 7) is 8.62. The van der Waals surface area contributed by atoms with Crippen LogP contribution in [0.3, 0.4) is 0 Å². The van der Waals surface area contributed by atoms with Gasteiger partial charge < -0.3 is 10.6 Å². The van der Waals surface area contributed by atoms with Gasteiger partial charge in [-0.05, 0) is 72.9 Å². The lowest BCUT2D eigenvalue weighted by atomic mass is 9.73. The number of ketones is 1. The van der Waals surface area contributed by atoms with Crippen molar-refractivity contribution in [1.29, 1.82) is 0 Å². The Bertz CT molecular complexity index is 973. The Hall–Kier alpha value is -2.20. The summed E-state index contributed by atoms with van der Waals surface area (Å²) in [5.74, 6) is 0.242. The summed E-state index contributed by atoms with van der Waals surface area (Å²) < 4.78 is 0. The molecule has 0 saturated carbocycles. The fourth-order valence-corrected chi connectivity index (χ4v) is 4.67. The summed E-state index contributed by atoms with van der Waals surface area (Å²) in [5.41, 5.74) is 7.67. The molecular weight excluding hydrogens is 364 g/mol. The van der Waals surface area contributed by atoms with Gasteiger partial charge in [0.05, 0.1) is 17.4 Å². The highest BCUT2D eigenvalue weighted by Gasteiger charge is 2.38. The third-order valence-corrected chi connectivity index (χ3v) is 6.62. The van der Waals surface area contributed by atoms with Gasteiger partial charge in [-0.3, -0.25) is 4.79 Å². The maximum absolute atomic E-state index is 13.2. The van der Waals surface area contributed by atoms with Gasteiger partial charge in [0.2, 0.25) is 0 Å². The summed E-state index contributed by atoms with van der Waals surface area (Å²) in [7, 11) is 0. The Balaban J connectivity index is 1.87. The Morgan fingerprint density at radius 3 is 2.29 bits per heavy atom. The number of benzene rings is 2. The number of carbonyl (C=O) groups is 1. The van der Waals surface area contributed by atoms with E-state index in [0.29, 0.717) is 6.42 Å². The number of Topliss-reactive ketones (excluding diaryl/α,β-unsaturated/α-hetero) is 1. The first kappa shape index (κ1) is 19.1. The quantitative estimate of drug-likeness (QED) is 0.593. The maximum atomic E-state index is 13.2. The Morgan fingerprint density at radius 1 is 1.00 bits per heavy atom. The van der Waals surface area contributed by atoms with E-state index in [0.717, 1.165) is 34.6 Å². The van der Waals surface area contributed by atoms with E-state index in [9.17, 15) is 4.79 Å². The average Bonchev–Trinajstić information content (AvgIpc) is 2.78. The molecule has 0 saturated heterocycles. The molecule has 1 atom stereocenters. The molecule has 2 N–H and O–H groups in total. The van der Waals surface area contributed by atoms with Crippen molar-refractivity contribution in [3.63, 3.8) is 0 Å². The van der Waals surface area contributed by atoms with Crippen molar-refractivity contribution >= 4 is 28.9 Å². The molecule has 0 aromatic heterocycles. The largest absolute Gasteiger partial charge is 0.372 e. The van der Waals surface area contributed by atoms with E-state index in [4.69, 9.17) is 0 Å². The van der Waals surface area contributed by atoms with Crippen LogP contribution in [0.1, 0.15) is 49.4 Å². The second kappa shape index (κ2) is 7.00. The van der Waals surface area contributed by atoms with Crippen LogP contribution in [-0.2, 0) is 4.79 Å². The van der Waals surface area contributed by atoms with Crippen LogP contribution in [0.15, 0.2) is 52.6 Å². The number of anilines is 2. The number of hydrogen-bond donors (Lipinski definition) is 2. The average molecular weight is 393 g/mol. The predicted octanol–water partition coefficient (Wildman–Crippen LogP) is 6.25. The molecule has 2 aromatic rings. The van der Waals surface area contributed by atoms with Gasteiger partial charge in [0.25, 0.3) is 0 Å². The molecule has 3 nitrogen and oxygen atoms in total. The highest BCUT2D eigenvalue weighted by molar-refractivity contribution is 7.98. The highest BCUT2D eigenvalue weighted by Crippen LogP contribution is 2.46. The minimum absolute atomic E-state index is 0.0274. The van der Waals surface area contributed by atoms with E-state index in [-0.39, 0.29) is 17.2 Å². The summed E-state index contributed by atoms with van der Waals surface area (Å²) in [4.78, 5) is 14.5. The molecule has 28 heavy (non-hydrogen) atoms. The lowest BCUT2D eigenvalue weighted by Gasteiger charge is -2.34. The van der Waals surface area contributed by atoms with E-state index in [1.165, 1.54) is 16.0 Å². The van der Waals surface area contributed by atoms with E-state index >= 15 is 0 Å². The van der Waals surface area contributed by atoms with E-state index in [2.05, 4.69) is 81.0 Å². The van der Waals surface area contributed by atoms with Gasteiger partial charge in [0.15, 0.2) is 5.78 Å². The molecule has 0 amide bonds. The Morgan fingerprint density at radius 2 is 1.64 bits per heavy atom. The zero-order chi connectivity index (χ0) is 20.1. The first-order chi connectivity index (χ1) is 13.3. The fraction of sp³-hybridized carbons (Fsp3) is 0.375. The molecule has 1 aliphatic carbocycles. The molecule has 1 aliphatic heterocycles. The fourth-order valence-electron chi connectivity index (χ4n) is 4.26. The lowest BCUT2D eigenvalue weighted by Crippen LogP contribution is -2.31. The van der Waals surface area contributed by atoms with Gasteiger partial charge in [-0.1, -0.05) is 26.0 Å². The number of carbonyl (C=O) groups excluding carboxylic acids is 1. The van der Waals surface area contributed by atoms with Crippen LogP contribution in [0.5, 0.6) is 0 Å². The topological polar surface area (TPSA) is 41.1 Å². The van der Waals surface area contributed by atoms with Gasteiger partial charge >= 0.3 is 0 Å². The van der Waals surface area contributed by atoms with Gasteiger partial charge in [-0.25, -0.2) is 0 Å². The number of nitrogens with one attached hydrogen (secondary N) is 2. The standard InChI is InChI=1S/C24H28N2OS/c1-14-10-18-19(11-15(14)2)26-23(16-6-8-17(28-5)9-7-16)22-20(25-18)12-24(3,4)13-21(22)27/h6-11,23,25-26H,12-13H2,1-5H3. The minimum atomic E-state index is -0.134. The van der Waals surface area contributed by atoms with E-state index in [1.807, 2.05) is 0 Å². The maximum Gasteiger partial charge on any atom is 0.163 e. The van der Waals surface area contributed by atoms with Gasteiger partial charge in [-0.15, -0.1) is 11.8 Å². The number of thioether (sulfide) groups is 1. The molecule has 2 aliphatic rings. The van der Waals surface area contributed by atoms with Crippen molar-refractivity contribution in [1.82, 2.24) is 0 Å². The SMILES string of the molecule is CSc1ccc(C2Nc3cc(C)c(C)cc3NC3=C2C(=O)CC(C)(C)C3)cc1. The van der Waals surface area contributed by atoms with Gasteiger partial charge in [0, 0.05) is 22.6 Å². The smallest absolute Gasteiger partial charge is 0.163 e. The summed E-state index contributed by atoms with van der Waals surface area (Å²) in [6.07, 6.45) is 3.54. The third kappa shape index (κ3) is 3.46. The number of aryl methyl sites for hydroxylation is 2. The molecule has 4 rings (SSSR count). The molecule has 146 valence electrons. The van der Waals surface area contributed by atoms with Gasteiger partial charge in [-0.2, -0.15) is 0 Å². The Labute approximate surface area is 172 Å². The van der Waals surface area contributed by atoms with Crippen molar-refractivity contribution in [2.75, 3.05) is 16.9 Å².